The summed E-state index contributed by atoms with van der Waals surface area (Å²) in [4.78, 5) is 11.9. The lowest BCUT2D eigenvalue weighted by Gasteiger charge is -2.21. The molecule has 4 nitrogen and oxygen atoms in total. The summed E-state index contributed by atoms with van der Waals surface area (Å²) in [5.74, 6) is -1.68. The van der Waals surface area contributed by atoms with Crippen molar-refractivity contribution >= 4 is 23.7 Å². The number of nitrogens with zero attached hydrogens (tertiary/aromatic N) is 1. The van der Waals surface area contributed by atoms with Gasteiger partial charge in [-0.3, -0.25) is 4.79 Å². The van der Waals surface area contributed by atoms with E-state index in [9.17, 15) is 14.6 Å². The molecule has 0 spiro atoms. The van der Waals surface area contributed by atoms with Crippen molar-refractivity contribution < 1.29 is 14.1 Å². The van der Waals surface area contributed by atoms with E-state index in [-0.39, 0.29) is 12.8 Å². The summed E-state index contributed by atoms with van der Waals surface area (Å²) >= 11 is 0. The van der Waals surface area contributed by atoms with Crippen molar-refractivity contribution in [3.63, 3.8) is 0 Å². The Morgan fingerprint density at radius 3 is 1.96 bits per heavy atom. The van der Waals surface area contributed by atoms with E-state index in [4.69, 9.17) is 4.74 Å². The molecule has 1 atom stereocenters. The third kappa shape index (κ3) is 3.88. The molecule has 1 unspecified atom stereocenters. The van der Waals surface area contributed by atoms with Gasteiger partial charge >= 0.3 is 5.97 Å². The van der Waals surface area contributed by atoms with Crippen LogP contribution in [0.4, 0.5) is 0 Å². The highest BCUT2D eigenvalue weighted by Gasteiger charge is 2.34. The molecule has 0 saturated heterocycles. The summed E-state index contributed by atoms with van der Waals surface area (Å²) in [5.41, 5.74) is 0. The molecule has 0 amide bonds. The number of ether oxygens (including phenoxy) is 1. The number of rotatable bonds is 6. The molecule has 0 saturated carbocycles. The minimum Gasteiger partial charge on any atom is -0.465 e. The summed E-state index contributed by atoms with van der Waals surface area (Å²) in [6.45, 7) is 1.87. The molecular formula is C18H18NO3P. The SMILES string of the molecule is CCOC(=O)C(C#N)CP(=O)(c1ccccc1)c1ccccc1. The largest absolute Gasteiger partial charge is 0.465 e. The maximum absolute atomic E-state index is 13.7. The van der Waals surface area contributed by atoms with Crippen LogP contribution in [0.3, 0.4) is 0 Å². The van der Waals surface area contributed by atoms with E-state index in [1.54, 1.807) is 55.5 Å². The van der Waals surface area contributed by atoms with Crippen LogP contribution in [0.2, 0.25) is 0 Å². The van der Waals surface area contributed by atoms with E-state index >= 15 is 0 Å². The Kier molecular flexibility index (Phi) is 5.73. The first-order valence-corrected chi connectivity index (χ1v) is 9.27. The smallest absolute Gasteiger partial charge is 0.323 e. The minimum absolute atomic E-state index is 0.0592. The Bertz CT molecular complexity index is 694. The lowest BCUT2D eigenvalue weighted by atomic mass is 10.2. The van der Waals surface area contributed by atoms with Gasteiger partial charge in [0.1, 0.15) is 7.14 Å². The number of benzene rings is 2. The second kappa shape index (κ2) is 7.76. The van der Waals surface area contributed by atoms with Crippen molar-refractivity contribution in [1.29, 1.82) is 5.26 Å². The Balaban J connectivity index is 2.46. The third-order valence-electron chi connectivity index (χ3n) is 3.51. The number of hydrogen-bond acceptors (Lipinski definition) is 4. The Hall–Kier alpha value is -2.37. The van der Waals surface area contributed by atoms with Crippen LogP contribution >= 0.6 is 7.14 Å². The maximum Gasteiger partial charge on any atom is 0.323 e. The van der Waals surface area contributed by atoms with Gasteiger partial charge < -0.3 is 9.30 Å². The van der Waals surface area contributed by atoms with Crippen LogP contribution in [0.25, 0.3) is 0 Å². The molecule has 0 N–H and O–H groups in total. The summed E-state index contributed by atoms with van der Waals surface area (Å²) in [5, 5.41) is 10.6. The molecule has 2 aromatic carbocycles. The van der Waals surface area contributed by atoms with Gasteiger partial charge in [0.2, 0.25) is 0 Å². The number of carbonyl (C=O) groups is 1. The van der Waals surface area contributed by atoms with Crippen LogP contribution in [-0.2, 0) is 14.1 Å². The van der Waals surface area contributed by atoms with Crippen molar-refractivity contribution in [2.24, 2.45) is 5.92 Å². The first-order valence-electron chi connectivity index (χ1n) is 7.38. The minimum atomic E-state index is -3.10. The van der Waals surface area contributed by atoms with Crippen LogP contribution in [0, 0.1) is 17.2 Å². The molecule has 0 heterocycles. The fourth-order valence-electron chi connectivity index (χ4n) is 2.37. The monoisotopic (exact) mass is 327 g/mol. The molecule has 118 valence electrons. The van der Waals surface area contributed by atoms with Gasteiger partial charge in [-0.1, -0.05) is 60.7 Å². The Labute approximate surface area is 136 Å². The summed E-state index contributed by atoms with van der Waals surface area (Å²) in [6.07, 6.45) is -0.0592. The number of nitriles is 1. The Morgan fingerprint density at radius 1 is 1.09 bits per heavy atom. The van der Waals surface area contributed by atoms with Gasteiger partial charge in [-0.05, 0) is 6.92 Å². The molecule has 0 fully saturated rings. The second-order valence-corrected chi connectivity index (χ2v) is 7.90. The second-order valence-electron chi connectivity index (χ2n) is 5.03. The lowest BCUT2D eigenvalue weighted by Crippen LogP contribution is -2.27. The van der Waals surface area contributed by atoms with Crippen LogP contribution in [0.15, 0.2) is 60.7 Å². The van der Waals surface area contributed by atoms with Gasteiger partial charge in [-0.25, -0.2) is 0 Å². The van der Waals surface area contributed by atoms with Crippen LogP contribution in [0.1, 0.15) is 6.92 Å². The standard InChI is InChI=1S/C18H18NO3P/c1-2-22-18(20)15(13-19)14-23(21,16-9-5-3-6-10-16)17-11-7-4-8-12-17/h3-12,15H,2,14H2,1H3. The predicted octanol–water partition coefficient (Wildman–Crippen LogP) is 2.70. The van der Waals surface area contributed by atoms with Gasteiger partial charge in [-0.15, -0.1) is 0 Å². The molecule has 0 aliphatic rings. The van der Waals surface area contributed by atoms with E-state index in [1.807, 2.05) is 18.2 Å². The van der Waals surface area contributed by atoms with Gasteiger partial charge in [0.05, 0.1) is 12.7 Å². The normalized spacial score (nSPS) is 12.2. The van der Waals surface area contributed by atoms with Crippen molar-refractivity contribution in [2.75, 3.05) is 12.8 Å². The molecule has 5 heteroatoms. The molecule has 0 aliphatic carbocycles. The molecular weight excluding hydrogens is 309 g/mol. The van der Waals surface area contributed by atoms with E-state index in [1.165, 1.54) is 0 Å². The number of esters is 1. The zero-order valence-electron chi connectivity index (χ0n) is 12.9. The highest BCUT2D eigenvalue weighted by molar-refractivity contribution is 7.78. The zero-order valence-corrected chi connectivity index (χ0v) is 13.8. The maximum atomic E-state index is 13.7. The van der Waals surface area contributed by atoms with E-state index < -0.39 is 19.0 Å². The van der Waals surface area contributed by atoms with Crippen molar-refractivity contribution in [3.8, 4) is 6.07 Å². The van der Waals surface area contributed by atoms with E-state index in [0.717, 1.165) is 0 Å². The van der Waals surface area contributed by atoms with Gasteiger partial charge in [0, 0.05) is 16.8 Å². The Morgan fingerprint density at radius 2 is 1.57 bits per heavy atom. The fraction of sp³-hybridized carbons (Fsp3) is 0.222. The summed E-state index contributed by atoms with van der Waals surface area (Å²) in [6, 6.07) is 19.9. The van der Waals surface area contributed by atoms with Crippen molar-refractivity contribution in [3.05, 3.63) is 60.7 Å². The van der Waals surface area contributed by atoms with Gasteiger partial charge in [-0.2, -0.15) is 5.26 Å². The highest BCUT2D eigenvalue weighted by Crippen LogP contribution is 2.45. The molecule has 2 aromatic rings. The van der Waals surface area contributed by atoms with Gasteiger partial charge in [0.25, 0.3) is 0 Å². The molecule has 0 aromatic heterocycles. The lowest BCUT2D eigenvalue weighted by molar-refractivity contribution is -0.145. The molecule has 2 rings (SSSR count). The molecule has 0 radical (unpaired) electrons. The molecule has 0 bridgehead atoms. The highest BCUT2D eigenvalue weighted by atomic mass is 31.2. The fourth-order valence-corrected chi connectivity index (χ4v) is 5.14. The predicted molar refractivity (Wildman–Crippen MR) is 90.4 cm³/mol. The first-order chi connectivity index (χ1) is 11.1. The zero-order chi connectivity index (χ0) is 16.7. The van der Waals surface area contributed by atoms with Crippen molar-refractivity contribution in [1.82, 2.24) is 0 Å². The summed E-state index contributed by atoms with van der Waals surface area (Å²) < 4.78 is 18.7. The van der Waals surface area contributed by atoms with Crippen LogP contribution < -0.4 is 10.6 Å². The van der Waals surface area contributed by atoms with Crippen LogP contribution in [0.5, 0.6) is 0 Å². The quantitative estimate of drug-likeness (QED) is 0.604. The van der Waals surface area contributed by atoms with E-state index in [2.05, 4.69) is 0 Å². The number of hydrogen-bond donors (Lipinski definition) is 0. The average Bonchev–Trinajstić information content (AvgIpc) is 2.61. The third-order valence-corrected chi connectivity index (χ3v) is 6.66. The van der Waals surface area contributed by atoms with Crippen LogP contribution in [-0.4, -0.2) is 18.7 Å². The summed E-state index contributed by atoms with van der Waals surface area (Å²) in [7, 11) is -3.10. The van der Waals surface area contributed by atoms with Gasteiger partial charge in [0.15, 0.2) is 5.92 Å². The average molecular weight is 327 g/mol. The first kappa shape index (κ1) is 17.0. The number of carbonyl (C=O) groups excluding carboxylic acids is 1. The van der Waals surface area contributed by atoms with Crippen molar-refractivity contribution in [2.45, 2.75) is 6.92 Å². The molecule has 0 aliphatic heterocycles. The van der Waals surface area contributed by atoms with E-state index in [0.29, 0.717) is 10.6 Å². The molecule has 23 heavy (non-hydrogen) atoms. The topological polar surface area (TPSA) is 67.2 Å².